The maximum atomic E-state index is 11.1. The van der Waals surface area contributed by atoms with Crippen LogP contribution in [-0.4, -0.2) is 22.5 Å². The molecule has 23 heavy (non-hydrogen) atoms. The highest BCUT2D eigenvalue weighted by Crippen LogP contribution is 2.29. The fourth-order valence-corrected chi connectivity index (χ4v) is 2.00. The summed E-state index contributed by atoms with van der Waals surface area (Å²) in [6.07, 6.45) is 1.48. The van der Waals surface area contributed by atoms with Gasteiger partial charge < -0.3 is 5.11 Å². The van der Waals surface area contributed by atoms with E-state index in [1.165, 1.54) is 5.43 Å². The summed E-state index contributed by atoms with van der Waals surface area (Å²) in [6.45, 7) is 6.33. The quantitative estimate of drug-likeness (QED) is 0.342. The molecule has 1 heterocycles. The number of benzene rings is 1. The van der Waals surface area contributed by atoms with Crippen LogP contribution < -0.4 is 11.3 Å². The molecule has 0 aliphatic rings. The summed E-state index contributed by atoms with van der Waals surface area (Å²) in [4.78, 5) is 24.6. The Morgan fingerprint density at radius 3 is 2.35 bits per heavy atom. The number of rotatable bonds is 2. The van der Waals surface area contributed by atoms with Crippen LogP contribution in [0.25, 0.3) is 11.3 Å². The number of nitrogens with one attached hydrogen (secondary N) is 1. The van der Waals surface area contributed by atoms with Crippen molar-refractivity contribution in [3.63, 3.8) is 0 Å². The molecule has 0 aliphatic carbocycles. The first-order valence-corrected chi connectivity index (χ1v) is 7.00. The van der Waals surface area contributed by atoms with Crippen LogP contribution >= 0.6 is 0 Å². The molecule has 1 aromatic heterocycles. The van der Waals surface area contributed by atoms with Crippen LogP contribution in [0, 0.1) is 0 Å². The van der Waals surface area contributed by atoms with Gasteiger partial charge in [0.25, 0.3) is 0 Å². The van der Waals surface area contributed by atoms with E-state index in [0.717, 1.165) is 28.7 Å². The summed E-state index contributed by atoms with van der Waals surface area (Å²) in [5, 5.41) is 7.49. The second-order valence-corrected chi connectivity index (χ2v) is 5.83. The van der Waals surface area contributed by atoms with Crippen LogP contribution in [0.1, 0.15) is 36.7 Å². The highest BCUT2D eigenvalue weighted by Gasteiger charge is 2.18. The van der Waals surface area contributed by atoms with Crippen molar-refractivity contribution in [2.45, 2.75) is 26.2 Å². The van der Waals surface area contributed by atoms with Gasteiger partial charge in [-0.25, -0.2) is 10.6 Å². The lowest BCUT2D eigenvalue weighted by Gasteiger charge is -2.21. The summed E-state index contributed by atoms with van der Waals surface area (Å²) in [7, 11) is 0. The standard InChI is InChI=1S/C16H17NO.CH4N2O2/c1-16(2,3)14-10-12(7-8-13(14)11-18)15-6-4-5-9-17-15;2-3-1(4)5/h4-11H,1-3H3;3H,2H2,(H,4,5). The van der Waals surface area contributed by atoms with E-state index in [2.05, 4.69) is 37.7 Å². The van der Waals surface area contributed by atoms with Crippen molar-refractivity contribution in [1.29, 1.82) is 0 Å². The molecule has 0 unspecified atom stereocenters. The summed E-state index contributed by atoms with van der Waals surface area (Å²) < 4.78 is 0. The van der Waals surface area contributed by atoms with Crippen molar-refractivity contribution in [2.24, 2.45) is 5.84 Å². The van der Waals surface area contributed by atoms with E-state index in [1.54, 1.807) is 6.20 Å². The van der Waals surface area contributed by atoms with Gasteiger partial charge in [-0.15, -0.1) is 0 Å². The number of aromatic nitrogens is 1. The van der Waals surface area contributed by atoms with E-state index in [0.29, 0.717) is 0 Å². The fraction of sp³-hybridized carbons (Fsp3) is 0.235. The minimum atomic E-state index is -1.22. The van der Waals surface area contributed by atoms with Crippen LogP contribution in [0.5, 0.6) is 0 Å². The first kappa shape index (κ1) is 18.3. The number of hydrazine groups is 1. The normalized spacial score (nSPS) is 10.3. The molecule has 6 heteroatoms. The molecule has 0 bridgehead atoms. The zero-order valence-electron chi connectivity index (χ0n) is 13.4. The number of hydrogen-bond acceptors (Lipinski definition) is 4. The Bertz CT molecular complexity index is 665. The molecule has 4 N–H and O–H groups in total. The number of nitrogens with zero attached hydrogens (tertiary/aromatic N) is 1. The lowest BCUT2D eigenvalue weighted by molar-refractivity contribution is 0.112. The minimum absolute atomic E-state index is 0.0545. The Balaban J connectivity index is 0.000000463. The van der Waals surface area contributed by atoms with Crippen LogP contribution in [-0.2, 0) is 5.41 Å². The molecule has 0 spiro atoms. The molecule has 2 aromatic rings. The summed E-state index contributed by atoms with van der Waals surface area (Å²) in [5.41, 5.74) is 5.18. The molecular weight excluding hydrogens is 294 g/mol. The molecule has 122 valence electrons. The summed E-state index contributed by atoms with van der Waals surface area (Å²) >= 11 is 0. The number of amides is 1. The lowest BCUT2D eigenvalue weighted by Crippen LogP contribution is -2.27. The second kappa shape index (κ2) is 8.05. The number of carbonyl (C=O) groups is 2. The summed E-state index contributed by atoms with van der Waals surface area (Å²) in [5.74, 6) is 4.32. The van der Waals surface area contributed by atoms with Gasteiger partial charge in [0, 0.05) is 17.3 Å². The number of aldehydes is 1. The molecule has 0 saturated carbocycles. The van der Waals surface area contributed by atoms with Crippen molar-refractivity contribution >= 4 is 12.4 Å². The highest BCUT2D eigenvalue weighted by atomic mass is 16.4. The molecule has 0 atom stereocenters. The van der Waals surface area contributed by atoms with Gasteiger partial charge >= 0.3 is 6.09 Å². The minimum Gasteiger partial charge on any atom is -0.464 e. The SMILES string of the molecule is CC(C)(C)c1cc(-c2ccccn2)ccc1C=O.NNC(=O)O. The van der Waals surface area contributed by atoms with Crippen LogP contribution in [0.15, 0.2) is 42.6 Å². The maximum Gasteiger partial charge on any atom is 0.418 e. The van der Waals surface area contributed by atoms with E-state index < -0.39 is 6.09 Å². The average molecular weight is 315 g/mol. The highest BCUT2D eigenvalue weighted by molar-refractivity contribution is 5.80. The Kier molecular flexibility index (Phi) is 6.41. The summed E-state index contributed by atoms with van der Waals surface area (Å²) in [6, 6.07) is 11.7. The number of pyridine rings is 1. The van der Waals surface area contributed by atoms with E-state index >= 15 is 0 Å². The number of carboxylic acid groups (broad SMARTS) is 1. The van der Waals surface area contributed by atoms with Crippen molar-refractivity contribution in [3.8, 4) is 11.3 Å². The molecule has 2 rings (SSSR count). The zero-order chi connectivity index (χ0) is 17.5. The third kappa shape index (κ3) is 5.52. The molecule has 0 saturated heterocycles. The molecule has 1 aromatic carbocycles. The van der Waals surface area contributed by atoms with Crippen LogP contribution in [0.2, 0.25) is 0 Å². The van der Waals surface area contributed by atoms with Crippen molar-refractivity contribution in [3.05, 3.63) is 53.7 Å². The van der Waals surface area contributed by atoms with Gasteiger partial charge in [-0.05, 0) is 29.2 Å². The Hall–Kier alpha value is -2.73. The van der Waals surface area contributed by atoms with E-state index in [-0.39, 0.29) is 5.41 Å². The molecule has 0 fully saturated rings. The third-order valence-electron chi connectivity index (χ3n) is 3.07. The average Bonchev–Trinajstić information content (AvgIpc) is 2.54. The van der Waals surface area contributed by atoms with Gasteiger partial charge in [-0.1, -0.05) is 39.0 Å². The van der Waals surface area contributed by atoms with Crippen molar-refractivity contribution in [2.75, 3.05) is 0 Å². The first-order valence-electron chi connectivity index (χ1n) is 7.00. The largest absolute Gasteiger partial charge is 0.464 e. The van der Waals surface area contributed by atoms with E-state index in [4.69, 9.17) is 9.90 Å². The van der Waals surface area contributed by atoms with E-state index in [1.807, 2.05) is 30.3 Å². The third-order valence-corrected chi connectivity index (χ3v) is 3.07. The maximum absolute atomic E-state index is 11.1. The van der Waals surface area contributed by atoms with Gasteiger partial charge in [-0.3, -0.25) is 15.2 Å². The van der Waals surface area contributed by atoms with Gasteiger partial charge in [0.1, 0.15) is 6.29 Å². The van der Waals surface area contributed by atoms with Crippen LogP contribution in [0.4, 0.5) is 4.79 Å². The number of carbonyl (C=O) groups excluding carboxylic acids is 1. The zero-order valence-corrected chi connectivity index (χ0v) is 13.4. The smallest absolute Gasteiger partial charge is 0.418 e. The Morgan fingerprint density at radius 2 is 1.91 bits per heavy atom. The predicted molar refractivity (Wildman–Crippen MR) is 89.1 cm³/mol. The second-order valence-electron chi connectivity index (χ2n) is 5.83. The topological polar surface area (TPSA) is 105 Å². The number of hydrogen-bond donors (Lipinski definition) is 3. The van der Waals surface area contributed by atoms with Gasteiger partial charge in [0.05, 0.1) is 5.69 Å². The van der Waals surface area contributed by atoms with Gasteiger partial charge in [0.2, 0.25) is 0 Å². The van der Waals surface area contributed by atoms with E-state index in [9.17, 15) is 4.79 Å². The van der Waals surface area contributed by atoms with Gasteiger partial charge in [0.15, 0.2) is 0 Å². The monoisotopic (exact) mass is 315 g/mol. The Labute approximate surface area is 135 Å². The Morgan fingerprint density at radius 1 is 1.26 bits per heavy atom. The molecule has 1 amide bonds. The molecular formula is C17H21N3O3. The van der Waals surface area contributed by atoms with Crippen molar-refractivity contribution in [1.82, 2.24) is 10.4 Å². The predicted octanol–water partition coefficient (Wildman–Crippen LogP) is 2.99. The molecule has 0 radical (unpaired) electrons. The van der Waals surface area contributed by atoms with Crippen molar-refractivity contribution < 1.29 is 14.7 Å². The molecule has 6 nitrogen and oxygen atoms in total. The van der Waals surface area contributed by atoms with Gasteiger partial charge in [-0.2, -0.15) is 0 Å². The first-order chi connectivity index (χ1) is 10.8. The molecule has 0 aliphatic heterocycles. The van der Waals surface area contributed by atoms with Crippen LogP contribution in [0.3, 0.4) is 0 Å². The number of nitrogens with two attached hydrogens (primary N) is 1. The fourth-order valence-electron chi connectivity index (χ4n) is 2.00. The lowest BCUT2D eigenvalue weighted by atomic mass is 9.83.